The minimum absolute atomic E-state index is 0.168. The van der Waals surface area contributed by atoms with Crippen LogP contribution in [0, 0.1) is 5.82 Å². The van der Waals surface area contributed by atoms with Gasteiger partial charge >= 0.3 is 0 Å². The standard InChI is InChI=1S/C10H12BrFN2O/c11-7-4-9(12)10(13-5-7)14-8-2-1-3-15-6-8/h4-5,8H,1-3,6H2,(H,13,14). The molecule has 82 valence electrons. The number of ether oxygens (including phenoxy) is 1. The Hall–Kier alpha value is -0.680. The van der Waals surface area contributed by atoms with Crippen molar-refractivity contribution >= 4 is 21.7 Å². The summed E-state index contributed by atoms with van der Waals surface area (Å²) in [6.45, 7) is 1.42. The number of pyridine rings is 1. The lowest BCUT2D eigenvalue weighted by atomic mass is 10.1. The van der Waals surface area contributed by atoms with Gasteiger partial charge in [0, 0.05) is 17.3 Å². The third-order valence-electron chi connectivity index (χ3n) is 2.31. The van der Waals surface area contributed by atoms with Gasteiger partial charge in [0.05, 0.1) is 12.6 Å². The Bertz CT molecular complexity index is 342. The van der Waals surface area contributed by atoms with Crippen LogP contribution in [-0.2, 0) is 4.74 Å². The smallest absolute Gasteiger partial charge is 0.166 e. The molecule has 2 heterocycles. The first kappa shape index (κ1) is 10.8. The van der Waals surface area contributed by atoms with E-state index in [-0.39, 0.29) is 11.9 Å². The van der Waals surface area contributed by atoms with Crippen LogP contribution in [0.15, 0.2) is 16.7 Å². The maximum Gasteiger partial charge on any atom is 0.166 e. The molecule has 0 amide bonds. The topological polar surface area (TPSA) is 34.2 Å². The monoisotopic (exact) mass is 274 g/mol. The fraction of sp³-hybridized carbons (Fsp3) is 0.500. The number of halogens is 2. The average Bonchev–Trinajstić information content (AvgIpc) is 2.24. The van der Waals surface area contributed by atoms with Gasteiger partial charge in [-0.05, 0) is 34.8 Å². The molecule has 3 nitrogen and oxygen atoms in total. The van der Waals surface area contributed by atoms with Gasteiger partial charge in [0.15, 0.2) is 11.6 Å². The van der Waals surface area contributed by atoms with Gasteiger partial charge in [-0.15, -0.1) is 0 Å². The van der Waals surface area contributed by atoms with E-state index in [1.54, 1.807) is 6.20 Å². The number of hydrogen-bond donors (Lipinski definition) is 1. The fourth-order valence-corrected chi connectivity index (χ4v) is 1.87. The summed E-state index contributed by atoms with van der Waals surface area (Å²) in [5, 5.41) is 3.04. The molecule has 0 radical (unpaired) electrons. The predicted octanol–water partition coefficient (Wildman–Crippen LogP) is 2.57. The molecule has 1 fully saturated rings. The quantitative estimate of drug-likeness (QED) is 0.900. The maximum absolute atomic E-state index is 13.4. The van der Waals surface area contributed by atoms with Crippen LogP contribution in [0.3, 0.4) is 0 Å². The molecule has 1 atom stereocenters. The highest BCUT2D eigenvalue weighted by Crippen LogP contribution is 2.18. The van der Waals surface area contributed by atoms with Gasteiger partial charge in [0.1, 0.15) is 0 Å². The molecule has 2 rings (SSSR count). The summed E-state index contributed by atoms with van der Waals surface area (Å²) in [4.78, 5) is 3.98. The Morgan fingerprint density at radius 3 is 3.13 bits per heavy atom. The molecule has 1 aliphatic rings. The molecular weight excluding hydrogens is 263 g/mol. The summed E-state index contributed by atoms with van der Waals surface area (Å²) in [6, 6.07) is 1.57. The lowest BCUT2D eigenvalue weighted by molar-refractivity contribution is 0.0874. The van der Waals surface area contributed by atoms with Crippen molar-refractivity contribution in [3.05, 3.63) is 22.6 Å². The van der Waals surface area contributed by atoms with Crippen molar-refractivity contribution in [2.24, 2.45) is 0 Å². The molecular formula is C10H12BrFN2O. The molecule has 0 saturated carbocycles. The molecule has 1 unspecified atom stereocenters. The summed E-state index contributed by atoms with van der Waals surface area (Å²) in [5.41, 5.74) is 0. The van der Waals surface area contributed by atoms with Crippen molar-refractivity contribution in [3.63, 3.8) is 0 Å². The Labute approximate surface area is 96.2 Å². The number of aromatic nitrogens is 1. The molecule has 0 bridgehead atoms. The molecule has 1 aromatic heterocycles. The normalized spacial score (nSPS) is 21.3. The minimum Gasteiger partial charge on any atom is -0.379 e. The first-order valence-electron chi connectivity index (χ1n) is 4.91. The van der Waals surface area contributed by atoms with E-state index in [9.17, 15) is 4.39 Å². The maximum atomic E-state index is 13.4. The van der Waals surface area contributed by atoms with E-state index in [2.05, 4.69) is 26.2 Å². The molecule has 15 heavy (non-hydrogen) atoms. The summed E-state index contributed by atoms with van der Waals surface area (Å²) in [5.74, 6) is -0.0383. The second kappa shape index (κ2) is 4.90. The van der Waals surface area contributed by atoms with Crippen LogP contribution in [0.2, 0.25) is 0 Å². The van der Waals surface area contributed by atoms with Gasteiger partial charge in [-0.25, -0.2) is 9.37 Å². The largest absolute Gasteiger partial charge is 0.379 e. The molecule has 1 aliphatic heterocycles. The second-order valence-corrected chi connectivity index (χ2v) is 4.46. The first-order chi connectivity index (χ1) is 7.25. The number of anilines is 1. The molecule has 1 aromatic rings. The third-order valence-corrected chi connectivity index (χ3v) is 2.74. The Morgan fingerprint density at radius 2 is 2.47 bits per heavy atom. The van der Waals surface area contributed by atoms with Crippen LogP contribution in [0.5, 0.6) is 0 Å². The fourth-order valence-electron chi connectivity index (χ4n) is 1.57. The summed E-state index contributed by atoms with van der Waals surface area (Å²) >= 11 is 3.17. The van der Waals surface area contributed by atoms with Crippen molar-refractivity contribution in [2.45, 2.75) is 18.9 Å². The Morgan fingerprint density at radius 1 is 1.60 bits per heavy atom. The zero-order valence-electron chi connectivity index (χ0n) is 8.17. The van der Waals surface area contributed by atoms with E-state index in [4.69, 9.17) is 4.74 Å². The summed E-state index contributed by atoms with van der Waals surface area (Å²) in [7, 11) is 0. The van der Waals surface area contributed by atoms with Crippen LogP contribution in [0.4, 0.5) is 10.2 Å². The molecule has 0 aromatic carbocycles. The van der Waals surface area contributed by atoms with Crippen LogP contribution >= 0.6 is 15.9 Å². The zero-order valence-corrected chi connectivity index (χ0v) is 9.76. The lowest BCUT2D eigenvalue weighted by Gasteiger charge is -2.23. The van der Waals surface area contributed by atoms with Gasteiger partial charge in [-0.3, -0.25) is 0 Å². The SMILES string of the molecule is Fc1cc(Br)cnc1NC1CCCOC1. The van der Waals surface area contributed by atoms with E-state index in [0.717, 1.165) is 19.4 Å². The molecule has 0 spiro atoms. The van der Waals surface area contributed by atoms with Crippen LogP contribution in [0.25, 0.3) is 0 Å². The molecule has 1 N–H and O–H groups in total. The third kappa shape index (κ3) is 2.89. The Kier molecular flexibility index (Phi) is 3.53. The highest BCUT2D eigenvalue weighted by atomic mass is 79.9. The second-order valence-electron chi connectivity index (χ2n) is 3.54. The highest BCUT2D eigenvalue weighted by molar-refractivity contribution is 9.10. The zero-order chi connectivity index (χ0) is 10.7. The van der Waals surface area contributed by atoms with E-state index in [1.165, 1.54) is 6.07 Å². The number of rotatable bonds is 2. The number of nitrogens with one attached hydrogen (secondary N) is 1. The van der Waals surface area contributed by atoms with E-state index < -0.39 is 0 Å². The Balaban J connectivity index is 2.03. The number of hydrogen-bond acceptors (Lipinski definition) is 3. The van der Waals surface area contributed by atoms with Gasteiger partial charge in [-0.2, -0.15) is 0 Å². The summed E-state index contributed by atoms with van der Waals surface area (Å²) < 4.78 is 19.3. The van der Waals surface area contributed by atoms with Crippen molar-refractivity contribution in [3.8, 4) is 0 Å². The number of nitrogens with zero attached hydrogens (tertiary/aromatic N) is 1. The van der Waals surface area contributed by atoms with Crippen LogP contribution in [-0.4, -0.2) is 24.2 Å². The van der Waals surface area contributed by atoms with E-state index in [1.807, 2.05) is 0 Å². The molecule has 5 heteroatoms. The van der Waals surface area contributed by atoms with Crippen LogP contribution in [0.1, 0.15) is 12.8 Å². The minimum atomic E-state index is -0.338. The van der Waals surface area contributed by atoms with E-state index >= 15 is 0 Å². The van der Waals surface area contributed by atoms with Gasteiger partial charge < -0.3 is 10.1 Å². The predicted molar refractivity (Wildman–Crippen MR) is 59.4 cm³/mol. The van der Waals surface area contributed by atoms with E-state index in [0.29, 0.717) is 16.9 Å². The van der Waals surface area contributed by atoms with Crippen molar-refractivity contribution in [1.29, 1.82) is 0 Å². The summed E-state index contributed by atoms with van der Waals surface area (Å²) in [6.07, 6.45) is 3.59. The van der Waals surface area contributed by atoms with Gasteiger partial charge in [0.25, 0.3) is 0 Å². The average molecular weight is 275 g/mol. The van der Waals surface area contributed by atoms with Crippen LogP contribution < -0.4 is 5.32 Å². The van der Waals surface area contributed by atoms with Crippen molar-refractivity contribution < 1.29 is 9.13 Å². The van der Waals surface area contributed by atoms with Gasteiger partial charge in [-0.1, -0.05) is 0 Å². The molecule has 0 aliphatic carbocycles. The van der Waals surface area contributed by atoms with Crippen molar-refractivity contribution in [2.75, 3.05) is 18.5 Å². The van der Waals surface area contributed by atoms with Crippen molar-refractivity contribution in [1.82, 2.24) is 4.98 Å². The molecule has 1 saturated heterocycles. The lowest BCUT2D eigenvalue weighted by Crippen LogP contribution is -2.30. The first-order valence-corrected chi connectivity index (χ1v) is 5.70. The van der Waals surface area contributed by atoms with Gasteiger partial charge in [0.2, 0.25) is 0 Å². The highest BCUT2D eigenvalue weighted by Gasteiger charge is 2.15.